The second kappa shape index (κ2) is 2.69. The fraction of sp³-hybridized carbons (Fsp3) is 0.600. The molecule has 3 heterocycles. The predicted molar refractivity (Wildman–Crippen MR) is 50.6 cm³/mol. The van der Waals surface area contributed by atoms with Crippen molar-refractivity contribution in [1.29, 1.82) is 0 Å². The van der Waals surface area contributed by atoms with Gasteiger partial charge in [-0.05, 0) is 37.8 Å². The molecule has 2 aliphatic heterocycles. The van der Waals surface area contributed by atoms with Gasteiger partial charge < -0.3 is 4.90 Å². The van der Waals surface area contributed by atoms with Gasteiger partial charge in [0.15, 0.2) is 5.82 Å². The molecule has 0 spiro atoms. The summed E-state index contributed by atoms with van der Waals surface area (Å²) in [7, 11) is 0. The first-order chi connectivity index (χ1) is 6.45. The largest absolute Gasteiger partial charge is 0.349 e. The average Bonchev–Trinajstić information content (AvgIpc) is 2.78. The van der Waals surface area contributed by atoms with Gasteiger partial charge in [0.2, 0.25) is 0 Å². The van der Waals surface area contributed by atoms with Gasteiger partial charge in [-0.1, -0.05) is 0 Å². The van der Waals surface area contributed by atoms with Crippen LogP contribution in [0.4, 0.5) is 5.82 Å². The zero-order valence-electron chi connectivity index (χ0n) is 7.56. The molecule has 0 amide bonds. The van der Waals surface area contributed by atoms with E-state index in [-0.39, 0.29) is 0 Å². The van der Waals surface area contributed by atoms with E-state index in [2.05, 4.69) is 21.2 Å². The maximum Gasteiger partial charge on any atom is 0.151 e. The van der Waals surface area contributed by atoms with Crippen LogP contribution in [-0.2, 0) is 0 Å². The summed E-state index contributed by atoms with van der Waals surface area (Å²) in [5, 5.41) is 8.11. The lowest BCUT2D eigenvalue weighted by Crippen LogP contribution is -2.28. The highest BCUT2D eigenvalue weighted by molar-refractivity contribution is 5.43. The first kappa shape index (κ1) is 7.30. The zero-order chi connectivity index (χ0) is 8.67. The van der Waals surface area contributed by atoms with Crippen molar-refractivity contribution >= 4 is 5.82 Å². The van der Waals surface area contributed by atoms with Gasteiger partial charge in [-0.15, -0.1) is 5.10 Å². The summed E-state index contributed by atoms with van der Waals surface area (Å²) < 4.78 is 0. The summed E-state index contributed by atoms with van der Waals surface area (Å²) in [6.45, 7) is 0. The third-order valence-electron chi connectivity index (χ3n) is 3.28. The third-order valence-corrected chi connectivity index (χ3v) is 3.28. The van der Waals surface area contributed by atoms with Crippen LogP contribution >= 0.6 is 0 Å². The Hall–Kier alpha value is -1.12. The second-order valence-corrected chi connectivity index (χ2v) is 3.95. The highest BCUT2D eigenvalue weighted by Crippen LogP contribution is 2.39. The molecule has 2 saturated heterocycles. The number of nitrogens with zero attached hydrogens (tertiary/aromatic N) is 3. The molecule has 2 bridgehead atoms. The standard InChI is InChI=1S/C10H13N3/c1-2-10(12-11-7-1)13-8-3-4-9(13)6-5-8/h1-2,7-9H,3-6H2. The first-order valence-corrected chi connectivity index (χ1v) is 5.01. The fourth-order valence-electron chi connectivity index (χ4n) is 2.72. The van der Waals surface area contributed by atoms with E-state index in [9.17, 15) is 0 Å². The van der Waals surface area contributed by atoms with Gasteiger partial charge in [-0.25, -0.2) is 0 Å². The summed E-state index contributed by atoms with van der Waals surface area (Å²) in [5.41, 5.74) is 0. The van der Waals surface area contributed by atoms with Crippen molar-refractivity contribution in [3.63, 3.8) is 0 Å². The van der Waals surface area contributed by atoms with Crippen LogP contribution in [-0.4, -0.2) is 22.3 Å². The average molecular weight is 175 g/mol. The Balaban J connectivity index is 1.94. The van der Waals surface area contributed by atoms with Crippen LogP contribution in [0.1, 0.15) is 25.7 Å². The summed E-state index contributed by atoms with van der Waals surface area (Å²) in [6.07, 6.45) is 7.13. The molecular weight excluding hydrogens is 162 g/mol. The number of anilines is 1. The molecule has 3 heteroatoms. The number of rotatable bonds is 1. The minimum Gasteiger partial charge on any atom is -0.349 e. The van der Waals surface area contributed by atoms with E-state index in [0.717, 1.165) is 17.9 Å². The van der Waals surface area contributed by atoms with Crippen LogP contribution in [0.15, 0.2) is 18.3 Å². The summed E-state index contributed by atoms with van der Waals surface area (Å²) >= 11 is 0. The monoisotopic (exact) mass is 175 g/mol. The fourth-order valence-corrected chi connectivity index (χ4v) is 2.72. The van der Waals surface area contributed by atoms with E-state index >= 15 is 0 Å². The van der Waals surface area contributed by atoms with Gasteiger partial charge in [0.1, 0.15) is 0 Å². The van der Waals surface area contributed by atoms with Crippen LogP contribution in [0.25, 0.3) is 0 Å². The number of fused-ring (bicyclic) bond motifs is 2. The van der Waals surface area contributed by atoms with E-state index in [0.29, 0.717) is 0 Å². The summed E-state index contributed by atoms with van der Waals surface area (Å²) in [5.74, 6) is 1.08. The Labute approximate surface area is 77.8 Å². The quantitative estimate of drug-likeness (QED) is 0.649. The van der Waals surface area contributed by atoms with E-state index in [1.54, 1.807) is 6.20 Å². The number of hydrogen-bond acceptors (Lipinski definition) is 3. The third kappa shape index (κ3) is 1.03. The van der Waals surface area contributed by atoms with E-state index in [1.807, 2.05) is 6.07 Å². The summed E-state index contributed by atoms with van der Waals surface area (Å²) in [4.78, 5) is 2.47. The molecule has 0 atom stereocenters. The molecule has 2 fully saturated rings. The Morgan fingerprint density at radius 2 is 1.85 bits per heavy atom. The molecule has 2 aliphatic rings. The molecule has 0 unspecified atom stereocenters. The molecule has 0 radical (unpaired) electrons. The Bertz CT molecular complexity index is 278. The van der Waals surface area contributed by atoms with E-state index < -0.39 is 0 Å². The lowest BCUT2D eigenvalue weighted by molar-refractivity contribution is 0.576. The Kier molecular flexibility index (Phi) is 1.51. The van der Waals surface area contributed by atoms with Gasteiger partial charge in [-0.2, -0.15) is 5.10 Å². The van der Waals surface area contributed by atoms with Crippen LogP contribution in [0, 0.1) is 0 Å². The normalized spacial score (nSPS) is 31.2. The minimum absolute atomic E-state index is 0.752. The lowest BCUT2D eigenvalue weighted by Gasteiger charge is -2.21. The number of hydrogen-bond donors (Lipinski definition) is 0. The van der Waals surface area contributed by atoms with Crippen molar-refractivity contribution in [3.8, 4) is 0 Å². The SMILES string of the molecule is c1cnnc(N2C3CCC2CC3)c1. The Morgan fingerprint density at radius 1 is 1.15 bits per heavy atom. The van der Waals surface area contributed by atoms with Crippen molar-refractivity contribution < 1.29 is 0 Å². The van der Waals surface area contributed by atoms with Crippen LogP contribution < -0.4 is 4.90 Å². The molecule has 1 aromatic rings. The molecule has 13 heavy (non-hydrogen) atoms. The van der Waals surface area contributed by atoms with Gasteiger partial charge in [-0.3, -0.25) is 0 Å². The smallest absolute Gasteiger partial charge is 0.151 e. The van der Waals surface area contributed by atoms with Crippen LogP contribution in [0.5, 0.6) is 0 Å². The van der Waals surface area contributed by atoms with Crippen molar-refractivity contribution in [2.24, 2.45) is 0 Å². The minimum atomic E-state index is 0.752. The predicted octanol–water partition coefficient (Wildman–Crippen LogP) is 1.61. The van der Waals surface area contributed by atoms with Crippen molar-refractivity contribution in [3.05, 3.63) is 18.3 Å². The zero-order valence-corrected chi connectivity index (χ0v) is 7.56. The van der Waals surface area contributed by atoms with Gasteiger partial charge in [0, 0.05) is 18.3 Å². The highest BCUT2D eigenvalue weighted by atomic mass is 15.3. The molecule has 0 aromatic carbocycles. The van der Waals surface area contributed by atoms with Crippen molar-refractivity contribution in [2.75, 3.05) is 4.90 Å². The molecule has 0 saturated carbocycles. The first-order valence-electron chi connectivity index (χ1n) is 5.01. The number of aromatic nitrogens is 2. The maximum atomic E-state index is 4.18. The molecule has 1 aromatic heterocycles. The van der Waals surface area contributed by atoms with Crippen LogP contribution in [0.2, 0.25) is 0 Å². The lowest BCUT2D eigenvalue weighted by atomic mass is 10.0. The highest BCUT2D eigenvalue weighted by Gasteiger charge is 2.39. The maximum absolute atomic E-state index is 4.18. The van der Waals surface area contributed by atoms with E-state index in [1.165, 1.54) is 25.7 Å². The molecule has 3 nitrogen and oxygen atoms in total. The summed E-state index contributed by atoms with van der Waals surface area (Å²) in [6, 6.07) is 5.55. The second-order valence-electron chi connectivity index (χ2n) is 3.95. The van der Waals surface area contributed by atoms with Crippen LogP contribution in [0.3, 0.4) is 0 Å². The topological polar surface area (TPSA) is 29.0 Å². The molecule has 68 valence electrons. The van der Waals surface area contributed by atoms with Crippen molar-refractivity contribution in [2.45, 2.75) is 37.8 Å². The molecule has 3 rings (SSSR count). The van der Waals surface area contributed by atoms with Gasteiger partial charge >= 0.3 is 0 Å². The van der Waals surface area contributed by atoms with Gasteiger partial charge in [0.05, 0.1) is 0 Å². The van der Waals surface area contributed by atoms with Crippen molar-refractivity contribution in [1.82, 2.24) is 10.2 Å². The molecule has 0 N–H and O–H groups in total. The molecular formula is C10H13N3. The Morgan fingerprint density at radius 3 is 2.38 bits per heavy atom. The molecule has 0 aliphatic carbocycles. The van der Waals surface area contributed by atoms with Gasteiger partial charge in [0.25, 0.3) is 0 Å². The van der Waals surface area contributed by atoms with E-state index in [4.69, 9.17) is 0 Å².